The summed E-state index contributed by atoms with van der Waals surface area (Å²) in [5.41, 5.74) is 2.09. The fourth-order valence-corrected chi connectivity index (χ4v) is 2.27. The number of aromatic nitrogens is 1. The van der Waals surface area contributed by atoms with E-state index in [0.717, 1.165) is 23.6 Å². The Bertz CT molecular complexity index is 692. The number of nitrogens with one attached hydrogen (secondary N) is 2. The van der Waals surface area contributed by atoms with Crippen LogP contribution in [0.5, 0.6) is 5.88 Å². The second kappa shape index (κ2) is 12.5. The van der Waals surface area contributed by atoms with Gasteiger partial charge in [-0.2, -0.15) is 0 Å². The lowest BCUT2D eigenvalue weighted by Gasteiger charge is -2.20. The van der Waals surface area contributed by atoms with Crippen molar-refractivity contribution in [1.82, 2.24) is 15.6 Å². The predicted molar refractivity (Wildman–Crippen MR) is 123 cm³/mol. The van der Waals surface area contributed by atoms with E-state index >= 15 is 0 Å². The molecule has 0 fully saturated rings. The Morgan fingerprint density at radius 2 is 1.85 bits per heavy atom. The first-order valence-corrected chi connectivity index (χ1v) is 9.25. The maximum Gasteiger partial charge on any atom is 0.218 e. The highest BCUT2D eigenvalue weighted by molar-refractivity contribution is 14.0. The van der Waals surface area contributed by atoms with Gasteiger partial charge in [0.2, 0.25) is 5.88 Å². The monoisotopic (exact) mass is 482 g/mol. The Hall–Kier alpha value is -1.83. The number of hydrogen-bond donors (Lipinski definition) is 2. The van der Waals surface area contributed by atoms with Crippen molar-refractivity contribution < 1.29 is 4.74 Å². The highest BCUT2D eigenvalue weighted by Gasteiger charge is 2.10. The quantitative estimate of drug-likeness (QED) is 0.333. The van der Waals surface area contributed by atoms with E-state index < -0.39 is 0 Å². The van der Waals surface area contributed by atoms with Crippen molar-refractivity contribution in [2.75, 3.05) is 6.54 Å². The maximum absolute atomic E-state index is 5.91. The van der Waals surface area contributed by atoms with E-state index in [4.69, 9.17) is 9.73 Å². The van der Waals surface area contributed by atoms with Crippen molar-refractivity contribution in [3.63, 3.8) is 0 Å². The van der Waals surface area contributed by atoms with Crippen molar-refractivity contribution in [1.29, 1.82) is 0 Å². The molecule has 0 saturated heterocycles. The Morgan fingerprint density at radius 1 is 1.11 bits per heavy atom. The van der Waals surface area contributed by atoms with E-state index in [9.17, 15) is 0 Å². The molecule has 2 aromatic rings. The van der Waals surface area contributed by atoms with Crippen LogP contribution in [0, 0.1) is 5.92 Å². The zero-order valence-corrected chi connectivity index (χ0v) is 18.9. The number of rotatable bonds is 8. The van der Waals surface area contributed by atoms with Crippen molar-refractivity contribution in [3.8, 4) is 5.88 Å². The van der Waals surface area contributed by atoms with E-state index in [0.29, 0.717) is 31.0 Å². The number of ether oxygens (including phenoxy) is 1. The minimum Gasteiger partial charge on any atom is -0.473 e. The summed E-state index contributed by atoms with van der Waals surface area (Å²) < 4.78 is 5.91. The van der Waals surface area contributed by atoms with Gasteiger partial charge >= 0.3 is 0 Å². The smallest absolute Gasteiger partial charge is 0.218 e. The van der Waals surface area contributed by atoms with Crippen LogP contribution in [0.2, 0.25) is 0 Å². The van der Waals surface area contributed by atoms with Gasteiger partial charge in [0.15, 0.2) is 5.96 Å². The van der Waals surface area contributed by atoms with Gasteiger partial charge < -0.3 is 15.4 Å². The molecule has 0 saturated carbocycles. The van der Waals surface area contributed by atoms with E-state index in [1.807, 2.05) is 42.5 Å². The topological polar surface area (TPSA) is 58.5 Å². The van der Waals surface area contributed by atoms with Gasteiger partial charge in [0.25, 0.3) is 0 Å². The molecule has 1 aromatic heterocycles. The average Bonchev–Trinajstić information content (AvgIpc) is 2.66. The largest absolute Gasteiger partial charge is 0.473 e. The number of benzene rings is 1. The highest BCUT2D eigenvalue weighted by Crippen LogP contribution is 2.17. The van der Waals surface area contributed by atoms with Gasteiger partial charge in [-0.25, -0.2) is 9.98 Å². The molecular weight excluding hydrogens is 451 g/mol. The minimum absolute atomic E-state index is 0. The molecular formula is C21H31IN4O. The maximum atomic E-state index is 5.91. The Morgan fingerprint density at radius 3 is 2.52 bits per heavy atom. The molecule has 27 heavy (non-hydrogen) atoms. The van der Waals surface area contributed by atoms with Crippen LogP contribution in [0.15, 0.2) is 53.7 Å². The van der Waals surface area contributed by atoms with Crippen molar-refractivity contribution in [2.45, 2.75) is 46.9 Å². The first-order chi connectivity index (χ1) is 12.6. The van der Waals surface area contributed by atoms with E-state index in [2.05, 4.69) is 43.3 Å². The molecule has 148 valence electrons. The van der Waals surface area contributed by atoms with Crippen molar-refractivity contribution in [3.05, 3.63) is 59.8 Å². The molecule has 1 unspecified atom stereocenters. The van der Waals surface area contributed by atoms with Crippen molar-refractivity contribution >= 4 is 29.9 Å². The van der Waals surface area contributed by atoms with Crippen LogP contribution in [-0.4, -0.2) is 23.5 Å². The standard InChI is InChI=1S/C21H30N4O.HI/c1-5-22-21(25-17(4)16(2)3)24-14-19-12-9-13-23-20(19)26-15-18-10-7-6-8-11-18;/h6-13,16-17H,5,14-15H2,1-4H3,(H2,22,24,25);1H. The number of aliphatic imine (C=N–C) groups is 1. The third-order valence-electron chi connectivity index (χ3n) is 4.18. The van der Waals surface area contributed by atoms with Crippen LogP contribution >= 0.6 is 24.0 Å². The molecule has 1 aromatic carbocycles. The first kappa shape index (κ1) is 23.2. The van der Waals surface area contributed by atoms with Gasteiger partial charge in [0, 0.05) is 24.3 Å². The van der Waals surface area contributed by atoms with Gasteiger partial charge in [0.05, 0.1) is 6.54 Å². The lowest BCUT2D eigenvalue weighted by atomic mass is 10.1. The summed E-state index contributed by atoms with van der Waals surface area (Å²) in [6.45, 7) is 10.4. The van der Waals surface area contributed by atoms with Crippen LogP contribution in [-0.2, 0) is 13.2 Å². The van der Waals surface area contributed by atoms with Gasteiger partial charge in [-0.3, -0.25) is 0 Å². The van der Waals surface area contributed by atoms with E-state index in [1.165, 1.54) is 0 Å². The lowest BCUT2D eigenvalue weighted by Crippen LogP contribution is -2.44. The molecule has 1 atom stereocenters. The SMILES string of the molecule is CCNC(=NCc1cccnc1OCc1ccccc1)NC(C)C(C)C.I. The second-order valence-electron chi connectivity index (χ2n) is 6.61. The fourth-order valence-electron chi connectivity index (χ4n) is 2.27. The number of halogens is 1. The Kier molecular flexibility index (Phi) is 10.8. The number of guanidine groups is 1. The summed E-state index contributed by atoms with van der Waals surface area (Å²) in [5, 5.41) is 6.74. The molecule has 0 radical (unpaired) electrons. The predicted octanol–water partition coefficient (Wildman–Crippen LogP) is 4.38. The number of pyridine rings is 1. The number of nitrogens with zero attached hydrogens (tertiary/aromatic N) is 2. The normalized spacial score (nSPS) is 12.3. The summed E-state index contributed by atoms with van der Waals surface area (Å²) in [7, 11) is 0. The summed E-state index contributed by atoms with van der Waals surface area (Å²) >= 11 is 0. The molecule has 2 N–H and O–H groups in total. The molecule has 0 aliphatic carbocycles. The summed E-state index contributed by atoms with van der Waals surface area (Å²) in [6.07, 6.45) is 1.75. The first-order valence-electron chi connectivity index (χ1n) is 9.25. The average molecular weight is 482 g/mol. The summed E-state index contributed by atoms with van der Waals surface area (Å²) in [5.74, 6) is 1.97. The van der Waals surface area contributed by atoms with Crippen LogP contribution in [0.25, 0.3) is 0 Å². The number of hydrogen-bond acceptors (Lipinski definition) is 3. The van der Waals surface area contributed by atoms with Gasteiger partial charge in [0.1, 0.15) is 6.61 Å². The molecule has 2 rings (SSSR count). The molecule has 1 heterocycles. The zero-order valence-electron chi connectivity index (χ0n) is 16.6. The Balaban J connectivity index is 0.00000364. The third-order valence-corrected chi connectivity index (χ3v) is 4.18. The van der Waals surface area contributed by atoms with Gasteiger partial charge in [-0.05, 0) is 31.4 Å². The zero-order chi connectivity index (χ0) is 18.8. The lowest BCUT2D eigenvalue weighted by molar-refractivity contribution is 0.290. The van der Waals surface area contributed by atoms with Gasteiger partial charge in [-0.1, -0.05) is 50.2 Å². The highest BCUT2D eigenvalue weighted by atomic mass is 127. The van der Waals surface area contributed by atoms with Crippen LogP contribution < -0.4 is 15.4 Å². The molecule has 6 heteroatoms. The molecule has 0 aliphatic heterocycles. The fraction of sp³-hybridized carbons (Fsp3) is 0.429. The molecule has 0 spiro atoms. The second-order valence-corrected chi connectivity index (χ2v) is 6.61. The van der Waals surface area contributed by atoms with E-state index in [-0.39, 0.29) is 24.0 Å². The molecule has 5 nitrogen and oxygen atoms in total. The Labute approximate surface area is 180 Å². The van der Waals surface area contributed by atoms with Crippen LogP contribution in [0.4, 0.5) is 0 Å². The van der Waals surface area contributed by atoms with E-state index in [1.54, 1.807) is 6.20 Å². The van der Waals surface area contributed by atoms with Crippen LogP contribution in [0.3, 0.4) is 0 Å². The molecule has 0 bridgehead atoms. The summed E-state index contributed by atoms with van der Waals surface area (Å²) in [6, 6.07) is 14.4. The van der Waals surface area contributed by atoms with Crippen LogP contribution in [0.1, 0.15) is 38.8 Å². The minimum atomic E-state index is 0. The third kappa shape index (κ3) is 8.15. The summed E-state index contributed by atoms with van der Waals surface area (Å²) in [4.78, 5) is 9.07. The van der Waals surface area contributed by atoms with Crippen molar-refractivity contribution in [2.24, 2.45) is 10.9 Å². The molecule has 0 aliphatic rings. The molecule has 0 amide bonds. The van der Waals surface area contributed by atoms with Gasteiger partial charge in [-0.15, -0.1) is 24.0 Å².